The average molecular weight is 308 g/mol. The van der Waals surface area contributed by atoms with E-state index in [4.69, 9.17) is 11.6 Å². The molecule has 1 aromatic heterocycles. The first-order valence-corrected chi connectivity index (χ1v) is 8.95. The van der Waals surface area contributed by atoms with Gasteiger partial charge in [-0.15, -0.1) is 22.9 Å². The van der Waals surface area contributed by atoms with Crippen LogP contribution in [0.15, 0.2) is 16.3 Å². The van der Waals surface area contributed by atoms with E-state index in [1.807, 2.05) is 13.8 Å². The molecule has 1 aliphatic rings. The molecule has 1 saturated carbocycles. The Morgan fingerprint density at radius 3 is 2.61 bits per heavy atom. The molecular formula is C12H18ClNO2S2. The van der Waals surface area contributed by atoms with E-state index in [0.29, 0.717) is 23.2 Å². The van der Waals surface area contributed by atoms with Crippen LogP contribution in [-0.4, -0.2) is 25.3 Å². The maximum absolute atomic E-state index is 12.6. The van der Waals surface area contributed by atoms with Gasteiger partial charge in [0.05, 0.1) is 10.8 Å². The smallest absolute Gasteiger partial charge is 0.207 e. The summed E-state index contributed by atoms with van der Waals surface area (Å²) in [7, 11) is -3.36. The molecule has 102 valence electrons. The third kappa shape index (κ3) is 3.07. The third-order valence-electron chi connectivity index (χ3n) is 3.08. The quantitative estimate of drug-likeness (QED) is 0.756. The largest absolute Gasteiger partial charge is 0.244 e. The zero-order valence-corrected chi connectivity index (χ0v) is 13.0. The fraction of sp³-hybridized carbons (Fsp3) is 0.667. The molecule has 6 heteroatoms. The second kappa shape index (κ2) is 5.49. The van der Waals surface area contributed by atoms with Gasteiger partial charge >= 0.3 is 0 Å². The Morgan fingerprint density at radius 1 is 1.50 bits per heavy atom. The Balaban J connectivity index is 2.25. The first-order valence-electron chi connectivity index (χ1n) is 6.10. The lowest BCUT2D eigenvalue weighted by molar-refractivity contribution is 0.342. The molecule has 1 aliphatic carbocycles. The fourth-order valence-corrected chi connectivity index (χ4v) is 4.93. The van der Waals surface area contributed by atoms with E-state index in [1.165, 1.54) is 11.3 Å². The summed E-state index contributed by atoms with van der Waals surface area (Å²) >= 11 is 7.13. The number of rotatable bonds is 6. The molecule has 0 saturated heterocycles. The molecule has 18 heavy (non-hydrogen) atoms. The van der Waals surface area contributed by atoms with Gasteiger partial charge in [0.1, 0.15) is 0 Å². The second-order valence-electron chi connectivity index (χ2n) is 4.99. The van der Waals surface area contributed by atoms with Gasteiger partial charge < -0.3 is 0 Å². The molecule has 1 fully saturated rings. The SMILES string of the molecule is CC(C)N(CC1CC1)S(=O)(=O)c1csc(CCl)c1. The van der Waals surface area contributed by atoms with Crippen LogP contribution in [0.5, 0.6) is 0 Å². The summed E-state index contributed by atoms with van der Waals surface area (Å²) in [6, 6.07) is 1.69. The van der Waals surface area contributed by atoms with Gasteiger partial charge in [0, 0.05) is 22.8 Å². The zero-order valence-electron chi connectivity index (χ0n) is 10.6. The van der Waals surface area contributed by atoms with Crippen LogP contribution in [-0.2, 0) is 15.9 Å². The van der Waals surface area contributed by atoms with Crippen molar-refractivity contribution in [2.75, 3.05) is 6.54 Å². The molecule has 0 N–H and O–H groups in total. The average Bonchev–Trinajstić information content (AvgIpc) is 2.99. The molecule has 0 bridgehead atoms. The van der Waals surface area contributed by atoms with Gasteiger partial charge in [-0.05, 0) is 38.7 Å². The summed E-state index contributed by atoms with van der Waals surface area (Å²) in [5.74, 6) is 0.915. The highest BCUT2D eigenvalue weighted by Gasteiger charge is 2.33. The number of thiophene rings is 1. The molecule has 0 amide bonds. The maximum Gasteiger partial charge on any atom is 0.244 e. The highest BCUT2D eigenvalue weighted by Crippen LogP contribution is 2.33. The number of alkyl halides is 1. The highest BCUT2D eigenvalue weighted by molar-refractivity contribution is 7.89. The van der Waals surface area contributed by atoms with Crippen LogP contribution >= 0.6 is 22.9 Å². The normalized spacial score (nSPS) is 16.7. The van der Waals surface area contributed by atoms with Crippen LogP contribution in [0.1, 0.15) is 31.6 Å². The van der Waals surface area contributed by atoms with Crippen molar-refractivity contribution in [1.82, 2.24) is 4.31 Å². The van der Waals surface area contributed by atoms with Crippen molar-refractivity contribution in [3.05, 3.63) is 16.3 Å². The van der Waals surface area contributed by atoms with E-state index in [2.05, 4.69) is 0 Å². The number of sulfonamides is 1. The standard InChI is InChI=1S/C12H18ClNO2S2/c1-9(2)14(7-10-3-4-10)18(15,16)12-5-11(6-13)17-8-12/h5,8-10H,3-4,6-7H2,1-2H3. The number of hydrogen-bond acceptors (Lipinski definition) is 3. The fourth-order valence-electron chi connectivity index (χ4n) is 1.84. The molecule has 0 spiro atoms. The Hall–Kier alpha value is -0.100. The van der Waals surface area contributed by atoms with Crippen LogP contribution in [0.2, 0.25) is 0 Å². The topological polar surface area (TPSA) is 37.4 Å². The van der Waals surface area contributed by atoms with Crippen molar-refractivity contribution in [2.24, 2.45) is 5.92 Å². The van der Waals surface area contributed by atoms with Crippen molar-refractivity contribution < 1.29 is 8.42 Å². The monoisotopic (exact) mass is 307 g/mol. The predicted octanol–water partition coefficient (Wildman–Crippen LogP) is 3.30. The summed E-state index contributed by atoms with van der Waals surface area (Å²) in [5, 5.41) is 1.69. The van der Waals surface area contributed by atoms with Crippen LogP contribution < -0.4 is 0 Å². The van der Waals surface area contributed by atoms with Crippen molar-refractivity contribution in [2.45, 2.75) is 43.5 Å². The van der Waals surface area contributed by atoms with Gasteiger partial charge in [-0.25, -0.2) is 8.42 Å². The lowest BCUT2D eigenvalue weighted by Crippen LogP contribution is -2.38. The number of nitrogens with zero attached hydrogens (tertiary/aromatic N) is 1. The molecule has 2 rings (SSSR count). The molecule has 1 aromatic rings. The lowest BCUT2D eigenvalue weighted by Gasteiger charge is -2.25. The lowest BCUT2D eigenvalue weighted by atomic mass is 10.3. The summed E-state index contributed by atoms with van der Waals surface area (Å²) in [6.45, 7) is 4.50. The predicted molar refractivity (Wildman–Crippen MR) is 75.6 cm³/mol. The van der Waals surface area contributed by atoms with Gasteiger partial charge in [0.15, 0.2) is 0 Å². The Morgan fingerprint density at radius 2 is 2.17 bits per heavy atom. The van der Waals surface area contributed by atoms with Crippen molar-refractivity contribution in [3.63, 3.8) is 0 Å². The minimum atomic E-state index is -3.36. The number of halogens is 1. The summed E-state index contributed by atoms with van der Waals surface area (Å²) in [4.78, 5) is 1.28. The Kier molecular flexibility index (Phi) is 4.36. The van der Waals surface area contributed by atoms with Crippen LogP contribution in [0, 0.1) is 5.92 Å². The molecule has 0 aromatic carbocycles. The Labute approximate surface area is 118 Å². The highest BCUT2D eigenvalue weighted by atomic mass is 35.5. The molecule has 0 aliphatic heterocycles. The van der Waals surface area contributed by atoms with Gasteiger partial charge in [0.2, 0.25) is 10.0 Å². The van der Waals surface area contributed by atoms with Gasteiger partial charge in [-0.1, -0.05) is 0 Å². The molecule has 0 atom stereocenters. The van der Waals surface area contributed by atoms with E-state index >= 15 is 0 Å². The number of hydrogen-bond donors (Lipinski definition) is 0. The minimum absolute atomic E-state index is 0.00467. The zero-order chi connectivity index (χ0) is 13.3. The summed E-state index contributed by atoms with van der Waals surface area (Å²) < 4.78 is 26.7. The van der Waals surface area contributed by atoms with Crippen molar-refractivity contribution in [1.29, 1.82) is 0 Å². The van der Waals surface area contributed by atoms with E-state index in [9.17, 15) is 8.42 Å². The first-order chi connectivity index (χ1) is 8.45. The third-order valence-corrected chi connectivity index (χ3v) is 6.63. The molecule has 0 radical (unpaired) electrons. The van der Waals surface area contributed by atoms with Crippen LogP contribution in [0.3, 0.4) is 0 Å². The van der Waals surface area contributed by atoms with E-state index in [0.717, 1.165) is 17.7 Å². The van der Waals surface area contributed by atoms with E-state index in [-0.39, 0.29) is 6.04 Å². The molecule has 0 unspecified atom stereocenters. The Bertz CT molecular complexity index is 506. The minimum Gasteiger partial charge on any atom is -0.207 e. The molecule has 3 nitrogen and oxygen atoms in total. The maximum atomic E-state index is 12.6. The van der Waals surface area contributed by atoms with Crippen molar-refractivity contribution >= 4 is 33.0 Å². The van der Waals surface area contributed by atoms with Gasteiger partial charge in [-0.2, -0.15) is 4.31 Å². The van der Waals surface area contributed by atoms with Gasteiger partial charge in [-0.3, -0.25) is 0 Å². The first kappa shape index (κ1) is 14.3. The summed E-state index contributed by atoms with van der Waals surface area (Å²) in [5.41, 5.74) is 0. The van der Waals surface area contributed by atoms with Crippen molar-refractivity contribution in [3.8, 4) is 0 Å². The summed E-state index contributed by atoms with van der Waals surface area (Å²) in [6.07, 6.45) is 2.30. The molecular weight excluding hydrogens is 290 g/mol. The van der Waals surface area contributed by atoms with E-state index in [1.54, 1.807) is 15.8 Å². The van der Waals surface area contributed by atoms with E-state index < -0.39 is 10.0 Å². The van der Waals surface area contributed by atoms with Gasteiger partial charge in [0.25, 0.3) is 0 Å². The van der Waals surface area contributed by atoms with Crippen LogP contribution in [0.25, 0.3) is 0 Å². The van der Waals surface area contributed by atoms with Crippen LogP contribution in [0.4, 0.5) is 0 Å². The second-order valence-corrected chi connectivity index (χ2v) is 8.15. The molecule has 1 heterocycles.